The average molecular weight is 279 g/mol. The van der Waals surface area contributed by atoms with Crippen molar-refractivity contribution in [3.8, 4) is 0 Å². The maximum absolute atomic E-state index is 6.08. The maximum Gasteiger partial charge on any atom is 0.146 e. The summed E-state index contributed by atoms with van der Waals surface area (Å²) in [5, 5.41) is 0. The van der Waals surface area contributed by atoms with E-state index >= 15 is 0 Å². The molecule has 2 heteroatoms. The van der Waals surface area contributed by atoms with Crippen LogP contribution in [0.25, 0.3) is 0 Å². The molecule has 0 N–H and O–H groups in total. The van der Waals surface area contributed by atoms with Crippen LogP contribution in [0.15, 0.2) is 0 Å². The summed E-state index contributed by atoms with van der Waals surface area (Å²) in [4.78, 5) is 0. The van der Waals surface area contributed by atoms with Crippen molar-refractivity contribution in [3.05, 3.63) is 0 Å². The zero-order valence-corrected chi connectivity index (χ0v) is 14.9. The molecule has 0 amide bonds. The molecule has 0 radical (unpaired) electrons. The third-order valence-electron chi connectivity index (χ3n) is 7.60. The number of rotatable bonds is 3. The molecule has 4 fully saturated rings. The average Bonchev–Trinajstić information content (AvgIpc) is 3.16. The standard InChI is InChI=1S/C17H30OSi/c1-17(2,18-19)16-13-6-5-12(9-13)15(16)14-8-10-3-4-11(14)7-10/h10-16H,3-9H2,1-2,19H3. The molecule has 108 valence electrons. The van der Waals surface area contributed by atoms with Crippen molar-refractivity contribution in [2.24, 2.45) is 41.4 Å². The molecular weight excluding hydrogens is 248 g/mol. The second kappa shape index (κ2) is 4.33. The van der Waals surface area contributed by atoms with Gasteiger partial charge in [0.05, 0.1) is 5.60 Å². The van der Waals surface area contributed by atoms with Crippen molar-refractivity contribution in [2.75, 3.05) is 0 Å². The molecule has 0 aromatic rings. The van der Waals surface area contributed by atoms with Crippen molar-refractivity contribution in [1.29, 1.82) is 0 Å². The quantitative estimate of drug-likeness (QED) is 0.721. The third kappa shape index (κ3) is 1.82. The van der Waals surface area contributed by atoms with E-state index in [1.165, 1.54) is 19.3 Å². The van der Waals surface area contributed by atoms with E-state index < -0.39 is 0 Å². The SMILES string of the molecule is CC(C)(O[SiH3])C1C2CCC(C2)C1C1CC2CCC1C2. The first kappa shape index (κ1) is 12.9. The van der Waals surface area contributed by atoms with Crippen LogP contribution in [0.5, 0.6) is 0 Å². The lowest BCUT2D eigenvalue weighted by Gasteiger charge is -2.46. The molecule has 4 rings (SSSR count). The molecule has 7 unspecified atom stereocenters. The Kier molecular flexibility index (Phi) is 2.94. The van der Waals surface area contributed by atoms with Crippen LogP contribution in [0.3, 0.4) is 0 Å². The Bertz CT molecular complexity index is 366. The first-order valence-electron chi connectivity index (χ1n) is 8.65. The van der Waals surface area contributed by atoms with Gasteiger partial charge < -0.3 is 4.43 Å². The normalized spacial score (nSPS) is 52.4. The first-order chi connectivity index (χ1) is 9.10. The molecule has 0 heterocycles. The van der Waals surface area contributed by atoms with Crippen molar-refractivity contribution < 1.29 is 4.43 Å². The van der Waals surface area contributed by atoms with Gasteiger partial charge in [0.1, 0.15) is 10.5 Å². The highest BCUT2D eigenvalue weighted by Crippen LogP contribution is 2.64. The molecule has 7 atom stereocenters. The molecule has 1 nitrogen and oxygen atoms in total. The summed E-state index contributed by atoms with van der Waals surface area (Å²) in [6.45, 7) is 4.79. The number of hydrogen-bond donors (Lipinski definition) is 0. The summed E-state index contributed by atoms with van der Waals surface area (Å²) in [6.07, 6.45) is 10.8. The predicted molar refractivity (Wildman–Crippen MR) is 81.9 cm³/mol. The minimum Gasteiger partial charge on any atom is -0.423 e. The molecule has 4 aliphatic carbocycles. The summed E-state index contributed by atoms with van der Waals surface area (Å²) in [6, 6.07) is 0. The largest absolute Gasteiger partial charge is 0.423 e. The lowest BCUT2D eigenvalue weighted by Crippen LogP contribution is -2.45. The van der Waals surface area contributed by atoms with Crippen LogP contribution < -0.4 is 0 Å². The van der Waals surface area contributed by atoms with E-state index in [2.05, 4.69) is 13.8 Å². The maximum atomic E-state index is 6.08. The van der Waals surface area contributed by atoms with Crippen LogP contribution in [-0.2, 0) is 4.43 Å². The lowest BCUT2D eigenvalue weighted by atomic mass is 9.63. The van der Waals surface area contributed by atoms with Gasteiger partial charge in [0.2, 0.25) is 0 Å². The Morgan fingerprint density at radius 1 is 0.895 bits per heavy atom. The van der Waals surface area contributed by atoms with Crippen molar-refractivity contribution in [2.45, 2.75) is 64.4 Å². The summed E-state index contributed by atoms with van der Waals surface area (Å²) >= 11 is 0. The second-order valence-corrected chi connectivity index (χ2v) is 8.99. The highest BCUT2D eigenvalue weighted by atomic mass is 28.2. The topological polar surface area (TPSA) is 9.23 Å². The minimum atomic E-state index is 0.165. The highest BCUT2D eigenvalue weighted by molar-refractivity contribution is 5.98. The molecule has 4 saturated carbocycles. The fraction of sp³-hybridized carbons (Fsp3) is 1.00. The van der Waals surface area contributed by atoms with E-state index in [0.29, 0.717) is 0 Å². The van der Waals surface area contributed by atoms with Gasteiger partial charge in [-0.3, -0.25) is 0 Å². The molecule has 0 saturated heterocycles. The third-order valence-corrected chi connectivity index (χ3v) is 8.65. The van der Waals surface area contributed by atoms with Crippen LogP contribution >= 0.6 is 0 Å². The zero-order valence-electron chi connectivity index (χ0n) is 12.9. The lowest BCUT2D eigenvalue weighted by molar-refractivity contribution is -0.0339. The van der Waals surface area contributed by atoms with Gasteiger partial charge >= 0.3 is 0 Å². The molecule has 0 aromatic heterocycles. The Balaban J connectivity index is 1.62. The van der Waals surface area contributed by atoms with Gasteiger partial charge in [-0.1, -0.05) is 6.42 Å². The second-order valence-electron chi connectivity index (χ2n) is 8.58. The number of hydrogen-bond acceptors (Lipinski definition) is 1. The van der Waals surface area contributed by atoms with Gasteiger partial charge in [-0.15, -0.1) is 0 Å². The Morgan fingerprint density at radius 3 is 2.26 bits per heavy atom. The zero-order chi connectivity index (χ0) is 13.2. The van der Waals surface area contributed by atoms with Crippen molar-refractivity contribution >= 4 is 10.5 Å². The van der Waals surface area contributed by atoms with Crippen LogP contribution in [0.2, 0.25) is 0 Å². The Labute approximate surface area is 121 Å². The fourth-order valence-electron chi connectivity index (χ4n) is 6.88. The Hall–Kier alpha value is 0.177. The van der Waals surface area contributed by atoms with Gasteiger partial charge in [-0.25, -0.2) is 0 Å². The molecule has 4 aliphatic rings. The number of fused-ring (bicyclic) bond motifs is 4. The minimum absolute atomic E-state index is 0.165. The summed E-state index contributed by atoms with van der Waals surface area (Å²) in [5.41, 5.74) is 0.165. The van der Waals surface area contributed by atoms with Gasteiger partial charge in [0.15, 0.2) is 0 Å². The van der Waals surface area contributed by atoms with E-state index in [1.807, 2.05) is 0 Å². The van der Waals surface area contributed by atoms with Gasteiger partial charge in [0, 0.05) is 0 Å². The predicted octanol–water partition coefficient (Wildman–Crippen LogP) is 3.16. The van der Waals surface area contributed by atoms with Gasteiger partial charge in [-0.2, -0.15) is 0 Å². The van der Waals surface area contributed by atoms with Crippen LogP contribution in [0.4, 0.5) is 0 Å². The molecule has 0 spiro atoms. The van der Waals surface area contributed by atoms with Crippen LogP contribution in [0.1, 0.15) is 58.8 Å². The van der Waals surface area contributed by atoms with E-state index in [0.717, 1.165) is 51.9 Å². The molecule has 19 heavy (non-hydrogen) atoms. The summed E-state index contributed by atoms with van der Waals surface area (Å²) in [5.74, 6) is 7.26. The van der Waals surface area contributed by atoms with Crippen LogP contribution in [-0.4, -0.2) is 16.1 Å². The van der Waals surface area contributed by atoms with Crippen molar-refractivity contribution in [1.82, 2.24) is 0 Å². The molecule has 0 aliphatic heterocycles. The first-order valence-corrected chi connectivity index (χ1v) is 9.47. The fourth-order valence-corrected chi connectivity index (χ4v) is 7.16. The van der Waals surface area contributed by atoms with E-state index in [1.54, 1.807) is 25.7 Å². The summed E-state index contributed by atoms with van der Waals surface area (Å²) in [7, 11) is 0.901. The molecule has 4 bridgehead atoms. The van der Waals surface area contributed by atoms with E-state index in [4.69, 9.17) is 4.43 Å². The van der Waals surface area contributed by atoms with Gasteiger partial charge in [-0.05, 0) is 93.8 Å². The van der Waals surface area contributed by atoms with E-state index in [9.17, 15) is 0 Å². The monoisotopic (exact) mass is 278 g/mol. The molecular formula is C17H30OSi. The Morgan fingerprint density at radius 2 is 1.63 bits per heavy atom. The smallest absolute Gasteiger partial charge is 0.146 e. The van der Waals surface area contributed by atoms with Crippen molar-refractivity contribution in [3.63, 3.8) is 0 Å². The van der Waals surface area contributed by atoms with Gasteiger partial charge in [0.25, 0.3) is 0 Å². The van der Waals surface area contributed by atoms with Crippen LogP contribution in [0, 0.1) is 41.4 Å². The van der Waals surface area contributed by atoms with E-state index in [-0.39, 0.29) is 5.60 Å². The molecule has 0 aromatic carbocycles. The summed E-state index contributed by atoms with van der Waals surface area (Å²) < 4.78 is 6.08. The highest BCUT2D eigenvalue weighted by Gasteiger charge is 2.58.